The molecule has 3 heteroatoms. The molecule has 1 atom stereocenters. The van der Waals surface area contributed by atoms with Crippen molar-refractivity contribution in [3.63, 3.8) is 0 Å². The van der Waals surface area contributed by atoms with Gasteiger partial charge in [-0.05, 0) is 6.42 Å². The monoisotopic (exact) mass is 149 g/mol. The molecule has 0 spiro atoms. The van der Waals surface area contributed by atoms with E-state index in [2.05, 4.69) is 0 Å². The number of hydrogen-bond acceptors (Lipinski definition) is 1. The standard InChI is InChI=1S/C5H5Cl2N/c6-5(7)3-4(5)1-2-8/h4H,1,3H2/t4-/m1/s1. The first-order chi connectivity index (χ1) is 3.67. The maximum absolute atomic E-state index is 8.14. The molecule has 0 bridgehead atoms. The largest absolute Gasteiger partial charge is 0.198 e. The van der Waals surface area contributed by atoms with Crippen LogP contribution >= 0.6 is 23.2 Å². The fourth-order valence-corrected chi connectivity index (χ4v) is 1.13. The maximum Gasteiger partial charge on any atom is 0.122 e. The first-order valence-electron chi connectivity index (χ1n) is 2.41. The van der Waals surface area contributed by atoms with Crippen molar-refractivity contribution < 1.29 is 0 Å². The first kappa shape index (κ1) is 6.19. The lowest BCUT2D eigenvalue weighted by Crippen LogP contribution is -1.86. The molecular formula is C5H5Cl2N. The molecule has 0 heterocycles. The molecule has 0 radical (unpaired) electrons. The number of rotatable bonds is 1. The van der Waals surface area contributed by atoms with Crippen molar-refractivity contribution >= 4 is 23.2 Å². The molecule has 0 aliphatic heterocycles. The Hall–Kier alpha value is 0.0700. The van der Waals surface area contributed by atoms with Gasteiger partial charge in [0.1, 0.15) is 4.33 Å². The molecule has 0 saturated heterocycles. The van der Waals surface area contributed by atoms with E-state index in [0.717, 1.165) is 6.42 Å². The van der Waals surface area contributed by atoms with E-state index in [9.17, 15) is 0 Å². The van der Waals surface area contributed by atoms with Crippen LogP contribution in [0.15, 0.2) is 0 Å². The van der Waals surface area contributed by atoms with Crippen LogP contribution < -0.4 is 0 Å². The minimum atomic E-state index is -0.560. The molecule has 1 aliphatic carbocycles. The summed E-state index contributed by atoms with van der Waals surface area (Å²) in [5.74, 6) is 0.232. The summed E-state index contributed by atoms with van der Waals surface area (Å²) >= 11 is 11.2. The van der Waals surface area contributed by atoms with Gasteiger partial charge in [-0.2, -0.15) is 5.26 Å². The van der Waals surface area contributed by atoms with Crippen LogP contribution in [0.3, 0.4) is 0 Å². The molecule has 0 aromatic rings. The van der Waals surface area contributed by atoms with Crippen LogP contribution in [-0.2, 0) is 0 Å². The van der Waals surface area contributed by atoms with Crippen LogP contribution in [0.4, 0.5) is 0 Å². The molecule has 0 amide bonds. The summed E-state index contributed by atoms with van der Waals surface area (Å²) in [7, 11) is 0. The Morgan fingerprint density at radius 3 is 2.38 bits per heavy atom. The normalized spacial score (nSPS) is 31.4. The number of alkyl halides is 2. The molecule has 44 valence electrons. The molecular weight excluding hydrogens is 145 g/mol. The van der Waals surface area contributed by atoms with Gasteiger partial charge in [-0.1, -0.05) is 0 Å². The number of hydrogen-bond donors (Lipinski definition) is 0. The molecule has 1 fully saturated rings. The van der Waals surface area contributed by atoms with Gasteiger partial charge in [-0.25, -0.2) is 0 Å². The van der Waals surface area contributed by atoms with E-state index in [1.54, 1.807) is 0 Å². The first-order valence-corrected chi connectivity index (χ1v) is 3.17. The molecule has 1 rings (SSSR count). The minimum absolute atomic E-state index is 0.232. The summed E-state index contributed by atoms with van der Waals surface area (Å²) in [5.41, 5.74) is 0. The summed E-state index contributed by atoms with van der Waals surface area (Å²) in [6, 6.07) is 2.02. The molecule has 0 N–H and O–H groups in total. The fourth-order valence-electron chi connectivity index (χ4n) is 0.601. The molecule has 1 aliphatic rings. The molecule has 0 aromatic heterocycles. The van der Waals surface area contributed by atoms with Gasteiger partial charge in [0, 0.05) is 12.3 Å². The predicted octanol–water partition coefficient (Wildman–Crippen LogP) is 2.09. The van der Waals surface area contributed by atoms with E-state index in [-0.39, 0.29) is 5.92 Å². The molecule has 0 unspecified atom stereocenters. The highest BCUT2D eigenvalue weighted by molar-refractivity contribution is 6.50. The smallest absolute Gasteiger partial charge is 0.122 e. The quantitative estimate of drug-likeness (QED) is 0.525. The van der Waals surface area contributed by atoms with Crippen LogP contribution in [0.1, 0.15) is 12.8 Å². The number of nitrogens with zero attached hydrogens (tertiary/aromatic N) is 1. The van der Waals surface area contributed by atoms with Crippen molar-refractivity contribution in [3.8, 4) is 6.07 Å². The van der Waals surface area contributed by atoms with Crippen molar-refractivity contribution in [2.75, 3.05) is 0 Å². The Morgan fingerprint density at radius 2 is 2.25 bits per heavy atom. The summed E-state index contributed by atoms with van der Waals surface area (Å²) in [6.45, 7) is 0. The summed E-state index contributed by atoms with van der Waals surface area (Å²) in [5, 5.41) is 8.14. The highest BCUT2D eigenvalue weighted by atomic mass is 35.5. The van der Waals surface area contributed by atoms with Crippen LogP contribution in [0.25, 0.3) is 0 Å². The fraction of sp³-hybridized carbons (Fsp3) is 0.800. The molecule has 8 heavy (non-hydrogen) atoms. The van der Waals surface area contributed by atoms with E-state index < -0.39 is 4.33 Å². The van der Waals surface area contributed by atoms with E-state index >= 15 is 0 Å². The van der Waals surface area contributed by atoms with Crippen LogP contribution in [0.2, 0.25) is 0 Å². The lowest BCUT2D eigenvalue weighted by Gasteiger charge is -1.88. The Kier molecular flexibility index (Phi) is 1.38. The van der Waals surface area contributed by atoms with Gasteiger partial charge in [-0.3, -0.25) is 0 Å². The Bertz CT molecular complexity index is 136. The SMILES string of the molecule is N#CC[C@@H]1CC1(Cl)Cl. The lowest BCUT2D eigenvalue weighted by atomic mass is 10.3. The van der Waals surface area contributed by atoms with E-state index in [1.807, 2.05) is 6.07 Å². The summed E-state index contributed by atoms with van der Waals surface area (Å²) < 4.78 is -0.560. The Balaban J connectivity index is 2.29. The van der Waals surface area contributed by atoms with Gasteiger partial charge in [0.05, 0.1) is 6.07 Å². The van der Waals surface area contributed by atoms with Gasteiger partial charge in [0.25, 0.3) is 0 Å². The third-order valence-electron chi connectivity index (χ3n) is 1.29. The second-order valence-corrected chi connectivity index (χ2v) is 3.57. The zero-order valence-corrected chi connectivity index (χ0v) is 5.71. The number of halogens is 2. The second kappa shape index (κ2) is 1.79. The Morgan fingerprint density at radius 1 is 1.75 bits per heavy atom. The van der Waals surface area contributed by atoms with Crippen molar-refractivity contribution in [3.05, 3.63) is 0 Å². The second-order valence-electron chi connectivity index (χ2n) is 2.02. The third-order valence-corrected chi connectivity index (χ3v) is 2.22. The number of nitriles is 1. The summed E-state index contributed by atoms with van der Waals surface area (Å²) in [4.78, 5) is 0. The van der Waals surface area contributed by atoms with Crippen LogP contribution in [0.5, 0.6) is 0 Å². The van der Waals surface area contributed by atoms with Crippen molar-refractivity contribution in [1.82, 2.24) is 0 Å². The topological polar surface area (TPSA) is 23.8 Å². The van der Waals surface area contributed by atoms with Gasteiger partial charge in [-0.15, -0.1) is 23.2 Å². The van der Waals surface area contributed by atoms with Crippen molar-refractivity contribution in [1.29, 1.82) is 5.26 Å². The van der Waals surface area contributed by atoms with E-state index in [0.29, 0.717) is 6.42 Å². The zero-order chi connectivity index (χ0) is 6.20. The van der Waals surface area contributed by atoms with E-state index in [4.69, 9.17) is 28.5 Å². The van der Waals surface area contributed by atoms with Gasteiger partial charge < -0.3 is 0 Å². The lowest BCUT2D eigenvalue weighted by molar-refractivity contribution is 0.859. The van der Waals surface area contributed by atoms with Gasteiger partial charge >= 0.3 is 0 Å². The van der Waals surface area contributed by atoms with Crippen LogP contribution in [0, 0.1) is 17.2 Å². The van der Waals surface area contributed by atoms with Gasteiger partial charge in [0.15, 0.2) is 0 Å². The van der Waals surface area contributed by atoms with Gasteiger partial charge in [0.2, 0.25) is 0 Å². The average molecular weight is 150 g/mol. The average Bonchev–Trinajstić information content (AvgIpc) is 2.15. The zero-order valence-electron chi connectivity index (χ0n) is 4.19. The van der Waals surface area contributed by atoms with Crippen LogP contribution in [-0.4, -0.2) is 4.33 Å². The molecule has 1 saturated carbocycles. The van der Waals surface area contributed by atoms with E-state index in [1.165, 1.54) is 0 Å². The highest BCUT2D eigenvalue weighted by Crippen LogP contribution is 2.54. The molecule has 1 nitrogen and oxygen atoms in total. The van der Waals surface area contributed by atoms with Crippen molar-refractivity contribution in [2.24, 2.45) is 5.92 Å². The maximum atomic E-state index is 8.14. The highest BCUT2D eigenvalue weighted by Gasteiger charge is 2.51. The summed E-state index contributed by atoms with van der Waals surface area (Å²) in [6.07, 6.45) is 1.27. The predicted molar refractivity (Wildman–Crippen MR) is 32.8 cm³/mol. The van der Waals surface area contributed by atoms with Crippen molar-refractivity contribution in [2.45, 2.75) is 17.2 Å². The minimum Gasteiger partial charge on any atom is -0.198 e. The Labute approximate surface area is 58.2 Å². The molecule has 0 aromatic carbocycles. The third kappa shape index (κ3) is 1.07.